The van der Waals surface area contributed by atoms with Crippen molar-refractivity contribution in [2.45, 2.75) is 20.8 Å². The van der Waals surface area contributed by atoms with Gasteiger partial charge >= 0.3 is 0 Å². The normalized spacial score (nSPS) is 10.6. The first-order valence-electron chi connectivity index (χ1n) is 5.20. The Hall–Kier alpha value is -1.39. The average molecular weight is 228 g/mol. The monoisotopic (exact) mass is 228 g/mol. The molecule has 0 bridgehead atoms. The maximum absolute atomic E-state index is 3.92. The minimum absolute atomic E-state index is 0.885. The molecule has 0 unspecified atom stereocenters. The third-order valence-electron chi connectivity index (χ3n) is 2.09. The zero-order valence-electron chi connectivity index (χ0n) is 10.0. The Balaban J connectivity index is 2.67. The van der Waals surface area contributed by atoms with Crippen LogP contribution in [-0.2, 0) is 0 Å². The van der Waals surface area contributed by atoms with E-state index < -0.39 is 0 Å². The highest BCUT2D eigenvalue weighted by atomic mass is 32.2. The van der Waals surface area contributed by atoms with Crippen molar-refractivity contribution >= 4 is 11.8 Å². The van der Waals surface area contributed by atoms with Gasteiger partial charge in [0.15, 0.2) is 0 Å². The van der Waals surface area contributed by atoms with E-state index in [1.165, 1.54) is 10.5 Å². The highest BCUT2D eigenvalue weighted by Gasteiger charge is 1.91. The Morgan fingerprint density at radius 3 is 2.50 bits per heavy atom. The number of hydrogen-bond donors (Lipinski definition) is 0. The Morgan fingerprint density at radius 1 is 1.31 bits per heavy atom. The van der Waals surface area contributed by atoms with Crippen LogP contribution in [0.25, 0.3) is 0 Å². The second kappa shape index (κ2) is 6.25. The Bertz CT molecular complexity index is 452. The second-order valence-electron chi connectivity index (χ2n) is 3.54. The first-order chi connectivity index (χ1) is 7.61. The van der Waals surface area contributed by atoms with Gasteiger partial charge in [-0.15, -0.1) is 0 Å². The molecule has 0 N–H and O–H groups in total. The van der Waals surface area contributed by atoms with Crippen molar-refractivity contribution in [3.05, 3.63) is 57.9 Å². The van der Waals surface area contributed by atoms with E-state index in [0.29, 0.717) is 0 Å². The largest absolute Gasteiger partial charge is 0.0866 e. The molecule has 1 heteroatoms. The van der Waals surface area contributed by atoms with E-state index in [0.717, 1.165) is 10.5 Å². The summed E-state index contributed by atoms with van der Waals surface area (Å²) in [5, 5.41) is 0. The van der Waals surface area contributed by atoms with E-state index >= 15 is 0 Å². The smallest absolute Gasteiger partial charge is 0.0549 e. The van der Waals surface area contributed by atoms with Crippen LogP contribution in [0.1, 0.15) is 25.0 Å². The maximum atomic E-state index is 3.92. The van der Waals surface area contributed by atoms with Gasteiger partial charge < -0.3 is 0 Å². The van der Waals surface area contributed by atoms with Crippen molar-refractivity contribution in [1.29, 1.82) is 0 Å². The summed E-state index contributed by atoms with van der Waals surface area (Å²) >= 11 is 1.61. The highest BCUT2D eigenvalue weighted by molar-refractivity contribution is 8.06. The van der Waals surface area contributed by atoms with Crippen molar-refractivity contribution in [2.24, 2.45) is 0 Å². The molecule has 0 saturated carbocycles. The fraction of sp³-hybridized carbons (Fsp3) is 0.200. The fourth-order valence-corrected chi connectivity index (χ4v) is 1.67. The Labute approximate surface area is 102 Å². The maximum Gasteiger partial charge on any atom is 0.0549 e. The van der Waals surface area contributed by atoms with Crippen molar-refractivity contribution in [2.75, 3.05) is 0 Å². The van der Waals surface area contributed by atoms with Crippen molar-refractivity contribution in [3.63, 3.8) is 0 Å². The molecule has 0 atom stereocenters. The van der Waals surface area contributed by atoms with Crippen LogP contribution in [0.4, 0.5) is 0 Å². The molecular weight excluding hydrogens is 212 g/mol. The summed E-state index contributed by atoms with van der Waals surface area (Å²) in [6.07, 6.45) is 2.06. The summed E-state index contributed by atoms with van der Waals surface area (Å²) < 4.78 is 0. The molecule has 1 aromatic carbocycles. The standard InChI is InChI=1S/C15H16S/c1-5-13(3)16-14(4)8-11-15-9-6-12(2)7-10-15/h5-7,9-10H,4H2,1-3H3/b13-5-. The molecule has 0 aromatic heterocycles. The Kier molecular flexibility index (Phi) is 4.95. The topological polar surface area (TPSA) is 0 Å². The van der Waals surface area contributed by atoms with Gasteiger partial charge in [-0.05, 0) is 37.8 Å². The zero-order valence-corrected chi connectivity index (χ0v) is 10.8. The highest BCUT2D eigenvalue weighted by Crippen LogP contribution is 2.22. The SMILES string of the molecule is C=C(C#Cc1ccc(C)cc1)S/C(C)=C\C. The van der Waals surface area contributed by atoms with E-state index in [1.54, 1.807) is 11.8 Å². The van der Waals surface area contributed by atoms with Gasteiger partial charge in [-0.3, -0.25) is 0 Å². The fourth-order valence-electron chi connectivity index (χ4n) is 1.06. The van der Waals surface area contributed by atoms with Crippen molar-refractivity contribution in [1.82, 2.24) is 0 Å². The summed E-state index contributed by atoms with van der Waals surface area (Å²) in [5.41, 5.74) is 2.29. The minimum Gasteiger partial charge on any atom is -0.0866 e. The van der Waals surface area contributed by atoms with Crippen molar-refractivity contribution in [3.8, 4) is 11.8 Å². The second-order valence-corrected chi connectivity index (χ2v) is 4.88. The molecule has 82 valence electrons. The molecule has 0 aliphatic carbocycles. The third-order valence-corrected chi connectivity index (χ3v) is 2.99. The average Bonchev–Trinajstić information content (AvgIpc) is 2.28. The number of allylic oxidation sites excluding steroid dienone is 3. The number of benzene rings is 1. The molecule has 0 nitrogen and oxygen atoms in total. The summed E-state index contributed by atoms with van der Waals surface area (Å²) in [6, 6.07) is 8.19. The van der Waals surface area contributed by atoms with E-state index in [4.69, 9.17) is 0 Å². The van der Waals surface area contributed by atoms with Crippen LogP contribution in [0.2, 0.25) is 0 Å². The molecule has 0 aliphatic heterocycles. The van der Waals surface area contributed by atoms with Crippen LogP contribution in [-0.4, -0.2) is 0 Å². The minimum atomic E-state index is 0.885. The van der Waals surface area contributed by atoms with Gasteiger partial charge in [-0.2, -0.15) is 0 Å². The summed E-state index contributed by atoms with van der Waals surface area (Å²) in [5.74, 6) is 6.16. The number of aryl methyl sites for hydroxylation is 1. The van der Waals surface area contributed by atoms with E-state index in [1.807, 2.05) is 19.1 Å². The summed E-state index contributed by atoms with van der Waals surface area (Å²) in [6.45, 7) is 10.1. The van der Waals surface area contributed by atoms with Crippen molar-refractivity contribution < 1.29 is 0 Å². The van der Waals surface area contributed by atoms with Crippen LogP contribution in [0, 0.1) is 18.8 Å². The van der Waals surface area contributed by atoms with Gasteiger partial charge in [0.1, 0.15) is 0 Å². The van der Waals surface area contributed by atoms with Gasteiger partial charge in [0.05, 0.1) is 4.91 Å². The molecule has 1 rings (SSSR count). The predicted molar refractivity (Wildman–Crippen MR) is 74.2 cm³/mol. The molecule has 1 aromatic rings. The molecule has 0 radical (unpaired) electrons. The first kappa shape index (κ1) is 12.7. The number of hydrogen-bond acceptors (Lipinski definition) is 1. The van der Waals surface area contributed by atoms with Gasteiger partial charge in [0.25, 0.3) is 0 Å². The van der Waals surface area contributed by atoms with E-state index in [9.17, 15) is 0 Å². The lowest BCUT2D eigenvalue weighted by Crippen LogP contribution is -1.76. The molecule has 0 amide bonds. The number of rotatable bonds is 2. The summed E-state index contributed by atoms with van der Waals surface area (Å²) in [4.78, 5) is 2.11. The van der Waals surface area contributed by atoms with Crippen LogP contribution < -0.4 is 0 Å². The Morgan fingerprint density at radius 2 is 1.94 bits per heavy atom. The van der Waals surface area contributed by atoms with E-state index in [2.05, 4.69) is 50.5 Å². The van der Waals surface area contributed by atoms with Crippen LogP contribution in [0.5, 0.6) is 0 Å². The zero-order chi connectivity index (χ0) is 12.0. The lowest BCUT2D eigenvalue weighted by Gasteiger charge is -1.96. The lowest BCUT2D eigenvalue weighted by molar-refractivity contribution is 1.46. The third kappa shape index (κ3) is 4.42. The van der Waals surface area contributed by atoms with Crippen LogP contribution in [0.15, 0.2) is 46.7 Å². The van der Waals surface area contributed by atoms with Crippen LogP contribution in [0.3, 0.4) is 0 Å². The van der Waals surface area contributed by atoms with Gasteiger partial charge in [0.2, 0.25) is 0 Å². The van der Waals surface area contributed by atoms with Gasteiger partial charge in [-0.1, -0.05) is 54.0 Å². The van der Waals surface area contributed by atoms with Gasteiger partial charge in [0, 0.05) is 5.56 Å². The lowest BCUT2D eigenvalue weighted by atomic mass is 10.2. The number of thioether (sulfide) groups is 1. The molecule has 0 aliphatic rings. The molecular formula is C15H16S. The summed E-state index contributed by atoms with van der Waals surface area (Å²) in [7, 11) is 0. The molecule has 0 fully saturated rings. The molecule has 16 heavy (non-hydrogen) atoms. The first-order valence-corrected chi connectivity index (χ1v) is 6.02. The van der Waals surface area contributed by atoms with Crippen LogP contribution >= 0.6 is 11.8 Å². The van der Waals surface area contributed by atoms with Gasteiger partial charge in [-0.25, -0.2) is 0 Å². The molecule has 0 saturated heterocycles. The van der Waals surface area contributed by atoms with E-state index in [-0.39, 0.29) is 0 Å². The molecule has 0 heterocycles. The predicted octanol–water partition coefficient (Wildman–Crippen LogP) is 4.52. The molecule has 0 spiro atoms. The quantitative estimate of drug-likeness (QED) is 0.671.